The number of pyridine rings is 1. The van der Waals surface area contributed by atoms with Crippen molar-refractivity contribution in [1.82, 2.24) is 9.88 Å². The van der Waals surface area contributed by atoms with Gasteiger partial charge in [-0.15, -0.1) is 0 Å². The lowest BCUT2D eigenvalue weighted by molar-refractivity contribution is 0.121. The highest BCUT2D eigenvalue weighted by molar-refractivity contribution is 5.92. The van der Waals surface area contributed by atoms with Gasteiger partial charge in [-0.3, -0.25) is 0 Å². The average Bonchev–Trinajstić information content (AvgIpc) is 2.60. The van der Waals surface area contributed by atoms with E-state index < -0.39 is 0 Å². The number of hydrogen-bond donors (Lipinski definition) is 0. The molecule has 0 saturated carbocycles. The molecular weight excluding hydrogens is 280 g/mol. The van der Waals surface area contributed by atoms with Crippen molar-refractivity contribution in [3.63, 3.8) is 0 Å². The number of fused-ring (bicyclic) bond motifs is 1. The number of methoxy groups -OCH3 is 1. The van der Waals surface area contributed by atoms with E-state index in [0.29, 0.717) is 31.9 Å². The summed E-state index contributed by atoms with van der Waals surface area (Å²) in [5.74, 6) is 0. The lowest BCUT2D eigenvalue weighted by Gasteiger charge is -2.35. The minimum atomic E-state index is -0.294. The number of hydrogen-bond acceptors (Lipinski definition) is 5. The maximum atomic E-state index is 11.6. The molecule has 3 rings (SSSR count). The summed E-state index contributed by atoms with van der Waals surface area (Å²) in [6.45, 7) is 2.61. The molecule has 1 aliphatic rings. The maximum absolute atomic E-state index is 11.6. The van der Waals surface area contributed by atoms with E-state index in [-0.39, 0.29) is 6.09 Å². The number of rotatable bonds is 1. The van der Waals surface area contributed by atoms with E-state index in [4.69, 9.17) is 10.00 Å². The van der Waals surface area contributed by atoms with E-state index in [1.165, 1.54) is 7.11 Å². The summed E-state index contributed by atoms with van der Waals surface area (Å²) in [5.41, 5.74) is 2.21. The van der Waals surface area contributed by atoms with Crippen LogP contribution in [0.3, 0.4) is 0 Å². The van der Waals surface area contributed by atoms with Crippen LogP contribution in [0.15, 0.2) is 30.3 Å². The predicted octanol–water partition coefficient (Wildman–Crippen LogP) is 1.99. The summed E-state index contributed by atoms with van der Waals surface area (Å²) in [6, 6.07) is 11.7. The minimum Gasteiger partial charge on any atom is -0.453 e. The number of piperazine rings is 1. The zero-order chi connectivity index (χ0) is 15.5. The van der Waals surface area contributed by atoms with Gasteiger partial charge in [-0.1, -0.05) is 18.2 Å². The Hall–Kier alpha value is -2.81. The molecule has 0 N–H and O–H groups in total. The van der Waals surface area contributed by atoms with E-state index in [1.807, 2.05) is 30.3 Å². The summed E-state index contributed by atoms with van der Waals surface area (Å²) in [6.07, 6.45) is -0.294. The molecule has 6 nitrogen and oxygen atoms in total. The molecule has 0 bridgehead atoms. The van der Waals surface area contributed by atoms with Gasteiger partial charge in [0.15, 0.2) is 0 Å². The molecule has 112 valence electrons. The number of benzene rings is 1. The fraction of sp³-hybridized carbons (Fsp3) is 0.312. The van der Waals surface area contributed by atoms with Gasteiger partial charge in [-0.25, -0.2) is 9.78 Å². The third-order valence-corrected chi connectivity index (χ3v) is 3.86. The first-order chi connectivity index (χ1) is 10.7. The number of carbonyl (C=O) groups is 1. The summed E-state index contributed by atoms with van der Waals surface area (Å²) in [5, 5.41) is 10.2. The second-order valence-corrected chi connectivity index (χ2v) is 5.10. The number of aromatic nitrogens is 1. The van der Waals surface area contributed by atoms with Crippen LogP contribution in [0, 0.1) is 11.3 Å². The molecule has 1 fully saturated rings. The van der Waals surface area contributed by atoms with Crippen molar-refractivity contribution >= 4 is 22.7 Å². The molecule has 1 amide bonds. The molecule has 1 aliphatic heterocycles. The number of ether oxygens (including phenoxy) is 1. The largest absolute Gasteiger partial charge is 0.453 e. The standard InChI is InChI=1S/C16H16N4O2/c1-22-16(21)20-8-6-19(7-9-20)15-10-12(11-17)18-14-5-3-2-4-13(14)15/h2-5,10H,6-9H2,1H3. The van der Waals surface area contributed by atoms with Crippen LogP contribution in [0.1, 0.15) is 5.69 Å². The lowest BCUT2D eigenvalue weighted by atomic mass is 10.1. The number of para-hydroxylation sites is 1. The molecule has 1 saturated heterocycles. The topological polar surface area (TPSA) is 69.5 Å². The van der Waals surface area contributed by atoms with Crippen LogP contribution in [0.2, 0.25) is 0 Å². The van der Waals surface area contributed by atoms with Crippen molar-refractivity contribution in [3.05, 3.63) is 36.0 Å². The van der Waals surface area contributed by atoms with E-state index in [9.17, 15) is 4.79 Å². The van der Waals surface area contributed by atoms with Crippen molar-refractivity contribution < 1.29 is 9.53 Å². The van der Waals surface area contributed by atoms with Gasteiger partial charge < -0.3 is 14.5 Å². The van der Waals surface area contributed by atoms with Gasteiger partial charge in [0.2, 0.25) is 0 Å². The third-order valence-electron chi connectivity index (χ3n) is 3.86. The Balaban J connectivity index is 1.91. The van der Waals surface area contributed by atoms with Crippen LogP contribution < -0.4 is 4.90 Å². The number of nitrogens with zero attached hydrogens (tertiary/aromatic N) is 4. The average molecular weight is 296 g/mol. The molecular formula is C16H16N4O2. The quantitative estimate of drug-likeness (QED) is 0.805. The molecule has 0 unspecified atom stereocenters. The van der Waals surface area contributed by atoms with E-state index in [0.717, 1.165) is 16.6 Å². The molecule has 2 aromatic rings. The molecule has 0 radical (unpaired) electrons. The Morgan fingerprint density at radius 1 is 1.27 bits per heavy atom. The summed E-state index contributed by atoms with van der Waals surface area (Å²) < 4.78 is 4.75. The van der Waals surface area contributed by atoms with Crippen LogP contribution in [-0.2, 0) is 4.74 Å². The van der Waals surface area contributed by atoms with Crippen LogP contribution in [-0.4, -0.2) is 49.3 Å². The minimum absolute atomic E-state index is 0.294. The molecule has 22 heavy (non-hydrogen) atoms. The number of carbonyl (C=O) groups excluding carboxylic acids is 1. The van der Waals surface area contributed by atoms with Crippen LogP contribution in [0.25, 0.3) is 10.9 Å². The Morgan fingerprint density at radius 2 is 2.00 bits per heavy atom. The molecule has 2 heterocycles. The Morgan fingerprint density at radius 3 is 2.68 bits per heavy atom. The monoisotopic (exact) mass is 296 g/mol. The fourth-order valence-electron chi connectivity index (χ4n) is 2.73. The van der Waals surface area contributed by atoms with Gasteiger partial charge in [0.25, 0.3) is 0 Å². The Kier molecular flexibility index (Phi) is 3.79. The number of anilines is 1. The van der Waals surface area contributed by atoms with Crippen LogP contribution >= 0.6 is 0 Å². The Bertz CT molecular complexity index is 745. The van der Waals surface area contributed by atoms with Crippen LogP contribution in [0.5, 0.6) is 0 Å². The summed E-state index contributed by atoms with van der Waals surface area (Å²) in [4.78, 5) is 19.8. The van der Waals surface area contributed by atoms with Gasteiger partial charge >= 0.3 is 6.09 Å². The Labute approximate surface area is 128 Å². The number of nitriles is 1. The van der Waals surface area contributed by atoms with Crippen molar-refractivity contribution in [2.45, 2.75) is 0 Å². The SMILES string of the molecule is COC(=O)N1CCN(c2cc(C#N)nc3ccccc23)CC1. The van der Waals surface area contributed by atoms with Crippen LogP contribution in [0.4, 0.5) is 10.5 Å². The molecule has 0 atom stereocenters. The maximum Gasteiger partial charge on any atom is 0.409 e. The van der Waals surface area contributed by atoms with Gasteiger partial charge in [0, 0.05) is 37.3 Å². The normalized spacial score (nSPS) is 14.7. The van der Waals surface area contributed by atoms with E-state index >= 15 is 0 Å². The zero-order valence-corrected chi connectivity index (χ0v) is 12.3. The smallest absolute Gasteiger partial charge is 0.409 e. The summed E-state index contributed by atoms with van der Waals surface area (Å²) in [7, 11) is 1.39. The molecule has 1 aromatic carbocycles. The third kappa shape index (κ3) is 2.53. The molecule has 0 aliphatic carbocycles. The van der Waals surface area contributed by atoms with Gasteiger partial charge in [0.05, 0.1) is 12.6 Å². The van der Waals surface area contributed by atoms with E-state index in [1.54, 1.807) is 4.90 Å². The lowest BCUT2D eigenvalue weighted by Crippen LogP contribution is -2.48. The first-order valence-corrected chi connectivity index (χ1v) is 7.10. The zero-order valence-electron chi connectivity index (χ0n) is 12.3. The highest BCUT2D eigenvalue weighted by Gasteiger charge is 2.23. The second-order valence-electron chi connectivity index (χ2n) is 5.10. The van der Waals surface area contributed by atoms with Gasteiger partial charge in [-0.05, 0) is 12.1 Å². The fourth-order valence-corrected chi connectivity index (χ4v) is 2.73. The van der Waals surface area contributed by atoms with Crippen molar-refractivity contribution in [3.8, 4) is 6.07 Å². The molecule has 1 aromatic heterocycles. The van der Waals surface area contributed by atoms with Crippen molar-refractivity contribution in [2.24, 2.45) is 0 Å². The first kappa shape index (κ1) is 14.1. The van der Waals surface area contributed by atoms with Crippen molar-refractivity contribution in [1.29, 1.82) is 5.26 Å². The van der Waals surface area contributed by atoms with Crippen molar-refractivity contribution in [2.75, 3.05) is 38.2 Å². The second kappa shape index (κ2) is 5.90. The highest BCUT2D eigenvalue weighted by Crippen LogP contribution is 2.27. The van der Waals surface area contributed by atoms with Gasteiger partial charge in [0.1, 0.15) is 11.8 Å². The molecule has 0 spiro atoms. The molecule has 6 heteroatoms. The van der Waals surface area contributed by atoms with E-state index in [2.05, 4.69) is 16.0 Å². The number of amides is 1. The summed E-state index contributed by atoms with van der Waals surface area (Å²) >= 11 is 0. The predicted molar refractivity (Wildman–Crippen MR) is 82.6 cm³/mol. The van der Waals surface area contributed by atoms with Gasteiger partial charge in [-0.2, -0.15) is 5.26 Å². The first-order valence-electron chi connectivity index (χ1n) is 7.10. The highest BCUT2D eigenvalue weighted by atomic mass is 16.5.